The van der Waals surface area contributed by atoms with E-state index in [2.05, 4.69) is 40.7 Å². The third-order valence-electron chi connectivity index (χ3n) is 7.23. The first-order valence-electron chi connectivity index (χ1n) is 13.8. The van der Waals surface area contributed by atoms with Crippen molar-refractivity contribution >= 4 is 42.2 Å². The zero-order chi connectivity index (χ0) is 29.1. The van der Waals surface area contributed by atoms with Crippen LogP contribution in [0, 0.1) is 5.92 Å². The molecule has 8 nitrogen and oxygen atoms in total. The fourth-order valence-corrected chi connectivity index (χ4v) is 5.59. The van der Waals surface area contributed by atoms with Crippen LogP contribution in [0.1, 0.15) is 37.0 Å². The molecular formula is C30H42N4O4S2. The number of carboxylic acid groups (broad SMARTS) is 1. The second-order valence-electron chi connectivity index (χ2n) is 10.5. The molecule has 40 heavy (non-hydrogen) atoms. The maximum atomic E-state index is 14.1. The van der Waals surface area contributed by atoms with Crippen LogP contribution in [0.3, 0.4) is 0 Å². The molecule has 0 aromatic heterocycles. The van der Waals surface area contributed by atoms with Crippen molar-refractivity contribution in [3.05, 3.63) is 71.3 Å². The molecule has 0 spiro atoms. The van der Waals surface area contributed by atoms with Gasteiger partial charge in [0.25, 0.3) is 0 Å². The van der Waals surface area contributed by atoms with Crippen LogP contribution in [-0.2, 0) is 33.9 Å². The molecule has 1 aliphatic rings. The van der Waals surface area contributed by atoms with Gasteiger partial charge >= 0.3 is 5.97 Å². The third-order valence-corrected chi connectivity index (χ3v) is 8.32. The Morgan fingerprint density at radius 1 is 1.05 bits per heavy atom. The highest BCUT2D eigenvalue weighted by atomic mass is 32.2. The van der Waals surface area contributed by atoms with E-state index in [1.807, 2.05) is 62.6 Å². The summed E-state index contributed by atoms with van der Waals surface area (Å²) in [4.78, 5) is 41.0. The number of carbonyl (C=O) groups is 3. The predicted octanol–water partition coefficient (Wildman–Crippen LogP) is 2.96. The van der Waals surface area contributed by atoms with E-state index in [-0.39, 0.29) is 17.9 Å². The van der Waals surface area contributed by atoms with Crippen LogP contribution in [0.4, 0.5) is 0 Å². The van der Waals surface area contributed by atoms with E-state index >= 15 is 0 Å². The summed E-state index contributed by atoms with van der Waals surface area (Å²) < 4.78 is 0. The van der Waals surface area contributed by atoms with Crippen molar-refractivity contribution in [2.75, 3.05) is 24.3 Å². The maximum absolute atomic E-state index is 14.1. The van der Waals surface area contributed by atoms with Gasteiger partial charge in [0.2, 0.25) is 11.8 Å². The van der Waals surface area contributed by atoms with Gasteiger partial charge in [-0.15, -0.1) is 0 Å². The van der Waals surface area contributed by atoms with Crippen LogP contribution in [-0.4, -0.2) is 76.3 Å². The highest BCUT2D eigenvalue weighted by molar-refractivity contribution is 7.98. The van der Waals surface area contributed by atoms with Gasteiger partial charge in [-0.2, -0.15) is 24.4 Å². The molecule has 0 saturated heterocycles. The second kappa shape index (κ2) is 16.0. The lowest BCUT2D eigenvalue weighted by atomic mass is 9.91. The van der Waals surface area contributed by atoms with Crippen LogP contribution >= 0.6 is 24.4 Å². The minimum absolute atomic E-state index is 0.0311. The fourth-order valence-electron chi connectivity index (χ4n) is 4.87. The molecule has 3 rings (SSSR count). The van der Waals surface area contributed by atoms with E-state index < -0.39 is 30.0 Å². The first kappa shape index (κ1) is 32.0. The van der Waals surface area contributed by atoms with E-state index in [1.165, 1.54) is 17.3 Å². The molecule has 218 valence electrons. The molecule has 3 unspecified atom stereocenters. The lowest BCUT2D eigenvalue weighted by molar-refractivity contribution is -0.146. The number of thioether (sulfide) groups is 1. The molecule has 4 atom stereocenters. The Hall–Kier alpha value is -2.53. The minimum Gasteiger partial charge on any atom is -0.480 e. The number of aliphatic carboxylic acids is 1. The molecule has 0 bridgehead atoms. The van der Waals surface area contributed by atoms with Crippen LogP contribution in [0.2, 0.25) is 0 Å². The molecule has 1 heterocycles. The molecular weight excluding hydrogens is 544 g/mol. The van der Waals surface area contributed by atoms with Crippen LogP contribution in [0.15, 0.2) is 54.6 Å². The molecule has 1 aliphatic heterocycles. The SMILES string of the molecule is CSCCC(NC(=O)C1Cc2ccccc2CN1C(=O)[C@@H](NCC(CS)NCc1ccccc1)C(C)C)C(=O)O. The number of thiol groups is 1. The average Bonchev–Trinajstić information content (AvgIpc) is 2.96. The molecule has 2 aromatic carbocycles. The lowest BCUT2D eigenvalue weighted by Crippen LogP contribution is -2.60. The minimum atomic E-state index is -1.07. The number of rotatable bonds is 15. The van der Waals surface area contributed by atoms with Crippen molar-refractivity contribution in [1.82, 2.24) is 20.9 Å². The summed E-state index contributed by atoms with van der Waals surface area (Å²) in [5, 5.41) is 19.3. The average molecular weight is 587 g/mol. The van der Waals surface area contributed by atoms with Crippen molar-refractivity contribution in [3.8, 4) is 0 Å². The zero-order valence-corrected chi connectivity index (χ0v) is 25.2. The summed E-state index contributed by atoms with van der Waals surface area (Å²) >= 11 is 6.04. The van der Waals surface area contributed by atoms with Gasteiger partial charge in [0.05, 0.1) is 6.04 Å². The van der Waals surface area contributed by atoms with Crippen LogP contribution in [0.25, 0.3) is 0 Å². The molecule has 0 saturated carbocycles. The monoisotopic (exact) mass is 586 g/mol. The topological polar surface area (TPSA) is 111 Å². The molecule has 10 heteroatoms. The first-order chi connectivity index (χ1) is 19.2. The molecule has 0 fully saturated rings. The highest BCUT2D eigenvalue weighted by Gasteiger charge is 2.39. The Bertz CT molecular complexity index is 1120. The Morgan fingerprint density at radius 3 is 2.35 bits per heavy atom. The molecule has 2 aromatic rings. The van der Waals surface area contributed by atoms with E-state index in [9.17, 15) is 19.5 Å². The molecule has 0 radical (unpaired) electrons. The number of benzene rings is 2. The van der Waals surface area contributed by atoms with Crippen LogP contribution < -0.4 is 16.0 Å². The summed E-state index contributed by atoms with van der Waals surface area (Å²) in [7, 11) is 0. The number of nitrogens with zero attached hydrogens (tertiary/aromatic N) is 1. The van der Waals surface area contributed by atoms with Gasteiger partial charge in [-0.3, -0.25) is 9.59 Å². The smallest absolute Gasteiger partial charge is 0.326 e. The van der Waals surface area contributed by atoms with Gasteiger partial charge in [0.15, 0.2) is 0 Å². The van der Waals surface area contributed by atoms with Crippen molar-refractivity contribution in [2.24, 2.45) is 5.92 Å². The Kier molecular flexibility index (Phi) is 12.8. The predicted molar refractivity (Wildman–Crippen MR) is 165 cm³/mol. The van der Waals surface area contributed by atoms with Crippen molar-refractivity contribution < 1.29 is 19.5 Å². The van der Waals surface area contributed by atoms with Gasteiger partial charge in [0.1, 0.15) is 12.1 Å². The summed E-state index contributed by atoms with van der Waals surface area (Å²) in [5.74, 6) is -0.501. The van der Waals surface area contributed by atoms with Gasteiger partial charge in [0, 0.05) is 37.8 Å². The molecule has 2 amide bonds. The van der Waals surface area contributed by atoms with Crippen molar-refractivity contribution in [1.29, 1.82) is 0 Å². The van der Waals surface area contributed by atoms with Crippen molar-refractivity contribution in [2.45, 2.75) is 63.9 Å². The number of fused-ring (bicyclic) bond motifs is 1. The van der Waals surface area contributed by atoms with Crippen LogP contribution in [0.5, 0.6) is 0 Å². The summed E-state index contributed by atoms with van der Waals surface area (Å²) in [6.07, 6.45) is 2.55. The Morgan fingerprint density at radius 2 is 1.73 bits per heavy atom. The normalized spacial score (nSPS) is 17.1. The summed E-state index contributed by atoms with van der Waals surface area (Å²) in [5.41, 5.74) is 3.16. The highest BCUT2D eigenvalue weighted by Crippen LogP contribution is 2.25. The Balaban J connectivity index is 1.76. The van der Waals surface area contributed by atoms with E-state index in [4.69, 9.17) is 0 Å². The first-order valence-corrected chi connectivity index (χ1v) is 15.8. The number of carbonyl (C=O) groups excluding carboxylic acids is 2. The third kappa shape index (κ3) is 8.99. The van der Waals surface area contributed by atoms with Gasteiger partial charge < -0.3 is 26.0 Å². The molecule has 4 N–H and O–H groups in total. The van der Waals surface area contributed by atoms with Crippen molar-refractivity contribution in [3.63, 3.8) is 0 Å². The van der Waals surface area contributed by atoms with Gasteiger partial charge in [-0.05, 0) is 41.0 Å². The zero-order valence-electron chi connectivity index (χ0n) is 23.5. The quantitative estimate of drug-likeness (QED) is 0.204. The number of nitrogens with one attached hydrogen (secondary N) is 3. The standard InChI is InChI=1S/C30H42N4O4S2/c1-20(2)27(32-17-24(19-39)31-16-21-9-5-4-6-10-21)29(36)34-18-23-12-8-7-11-22(23)15-26(34)28(35)33-25(30(37)38)13-14-40-3/h4-12,20,24-27,31-32,39H,13-19H2,1-3H3,(H,33,35)(H,37,38)/t24?,25?,26?,27-/m0/s1. The summed E-state index contributed by atoms with van der Waals surface area (Å²) in [6.45, 7) is 5.49. The van der Waals surface area contributed by atoms with Gasteiger partial charge in [-0.1, -0.05) is 68.4 Å². The fraction of sp³-hybridized carbons (Fsp3) is 0.500. The lowest BCUT2D eigenvalue weighted by Gasteiger charge is -2.39. The number of carboxylic acids is 1. The Labute approximate surface area is 247 Å². The number of amides is 2. The van der Waals surface area contributed by atoms with E-state index in [0.717, 1.165) is 11.1 Å². The largest absolute Gasteiger partial charge is 0.480 e. The van der Waals surface area contributed by atoms with E-state index in [0.29, 0.717) is 44.0 Å². The number of hydrogen-bond donors (Lipinski definition) is 5. The maximum Gasteiger partial charge on any atom is 0.326 e. The number of hydrogen-bond acceptors (Lipinski definition) is 7. The summed E-state index contributed by atoms with van der Waals surface area (Å²) in [6, 6.07) is 15.6. The van der Waals surface area contributed by atoms with E-state index in [1.54, 1.807) is 4.90 Å². The van der Waals surface area contributed by atoms with Gasteiger partial charge in [-0.25, -0.2) is 4.79 Å². The molecule has 0 aliphatic carbocycles. The second-order valence-corrected chi connectivity index (χ2v) is 11.9.